The zero-order valence-electron chi connectivity index (χ0n) is 24.7. The van der Waals surface area contributed by atoms with Crippen molar-refractivity contribution in [2.45, 2.75) is 26.1 Å². The average molecular weight is 647 g/mol. The van der Waals surface area contributed by atoms with Crippen LogP contribution in [0.1, 0.15) is 18.2 Å². The van der Waals surface area contributed by atoms with Crippen molar-refractivity contribution in [3.05, 3.63) is 82.6 Å². The molecular formula is C30H28F5N6O3P. The van der Waals surface area contributed by atoms with Crippen molar-refractivity contribution in [1.82, 2.24) is 24.4 Å². The highest BCUT2D eigenvalue weighted by Gasteiger charge is 2.37. The topological polar surface area (TPSA) is 101 Å². The number of carbonyl (C=O) groups excluding carboxylic acids is 1. The molecule has 0 bridgehead atoms. The molecule has 9 nitrogen and oxygen atoms in total. The Bertz CT molecular complexity index is 1970. The minimum atomic E-state index is -5.06. The smallest absolute Gasteiger partial charge is 0.350 e. The molecule has 3 aromatic heterocycles. The van der Waals surface area contributed by atoms with Gasteiger partial charge in [-0.05, 0) is 57.5 Å². The van der Waals surface area contributed by atoms with E-state index in [4.69, 9.17) is 0 Å². The Labute approximate surface area is 254 Å². The molecule has 0 aliphatic carbocycles. The highest BCUT2D eigenvalue weighted by atomic mass is 31.2. The quantitative estimate of drug-likeness (QED) is 0.172. The molecule has 5 rings (SSSR count). The number of benzene rings is 1. The van der Waals surface area contributed by atoms with Crippen LogP contribution < -0.4 is 15.9 Å². The lowest BCUT2D eigenvalue weighted by Gasteiger charge is -2.40. The molecule has 0 unspecified atom stereocenters. The van der Waals surface area contributed by atoms with Gasteiger partial charge in [0.1, 0.15) is 24.5 Å². The van der Waals surface area contributed by atoms with Crippen molar-refractivity contribution < 1.29 is 31.3 Å². The predicted octanol–water partition coefficient (Wildman–Crippen LogP) is 4.92. The fourth-order valence-electron chi connectivity index (χ4n) is 5.56. The molecule has 1 atom stereocenters. The summed E-state index contributed by atoms with van der Waals surface area (Å²) >= 11 is 0. The number of rotatable bonds is 5. The normalized spacial score (nSPS) is 15.9. The summed E-state index contributed by atoms with van der Waals surface area (Å²) in [6, 6.07) is 4.06. The third-order valence-electron chi connectivity index (χ3n) is 7.63. The van der Waals surface area contributed by atoms with Crippen LogP contribution >= 0.6 is 7.14 Å². The van der Waals surface area contributed by atoms with Gasteiger partial charge in [-0.15, -0.1) is 0 Å². The van der Waals surface area contributed by atoms with Crippen LogP contribution in [0.5, 0.6) is 0 Å². The van der Waals surface area contributed by atoms with Gasteiger partial charge in [0.05, 0.1) is 27.9 Å². The van der Waals surface area contributed by atoms with Crippen molar-refractivity contribution in [3.8, 4) is 16.9 Å². The first-order valence-corrected chi connectivity index (χ1v) is 16.3. The highest BCUT2D eigenvalue weighted by molar-refractivity contribution is 7.70. The molecule has 15 heteroatoms. The molecule has 1 aliphatic heterocycles. The van der Waals surface area contributed by atoms with E-state index >= 15 is 8.78 Å². The molecule has 1 aromatic carbocycles. The second-order valence-corrected chi connectivity index (χ2v) is 14.2. The van der Waals surface area contributed by atoms with Crippen molar-refractivity contribution in [3.63, 3.8) is 0 Å². The molecule has 236 valence electrons. The van der Waals surface area contributed by atoms with Gasteiger partial charge < -0.3 is 14.4 Å². The largest absolute Gasteiger partial charge is 0.417 e. The third-order valence-corrected chi connectivity index (χ3v) is 9.15. The van der Waals surface area contributed by atoms with Crippen LogP contribution in [0.2, 0.25) is 0 Å². The number of carbonyl (C=O) groups is 1. The van der Waals surface area contributed by atoms with E-state index in [9.17, 15) is 27.3 Å². The minimum Gasteiger partial charge on any atom is -0.350 e. The maximum absolute atomic E-state index is 15.9. The van der Waals surface area contributed by atoms with Crippen LogP contribution in [0.15, 0.2) is 54.0 Å². The number of aromatic nitrogens is 4. The Morgan fingerprint density at radius 1 is 1.11 bits per heavy atom. The lowest BCUT2D eigenvalue weighted by molar-refractivity contribution is -0.137. The van der Waals surface area contributed by atoms with Gasteiger partial charge in [0.25, 0.3) is 0 Å². The molecule has 4 aromatic rings. The standard InChI is InChI=1S/C30H28F5N6O3P/c1-6-23(42)39-12-13-40(16(2)15-39)27-18-14-21(32)25(24-19(30(33,34)35)8-7-9-20(24)31)37-28(18)41(29(43)38-27)26-17(3)36-11-10-22(26)45(4,5)44/h6-11,14,16H,1,12-13,15H2,2-5H3/t16-/m0/s1. The first-order chi connectivity index (χ1) is 21.0. The van der Waals surface area contributed by atoms with E-state index in [1.54, 1.807) is 11.8 Å². The minimum absolute atomic E-state index is 0.0176. The predicted molar refractivity (Wildman–Crippen MR) is 161 cm³/mol. The molecule has 0 spiro atoms. The van der Waals surface area contributed by atoms with Crippen LogP contribution in [0, 0.1) is 18.6 Å². The van der Waals surface area contributed by atoms with E-state index in [0.29, 0.717) is 6.07 Å². The molecule has 1 fully saturated rings. The fourth-order valence-corrected chi connectivity index (χ4v) is 6.76. The number of pyridine rings is 2. The van der Waals surface area contributed by atoms with E-state index in [1.165, 1.54) is 43.5 Å². The van der Waals surface area contributed by atoms with E-state index in [2.05, 4.69) is 21.5 Å². The summed E-state index contributed by atoms with van der Waals surface area (Å²) in [7, 11) is -3.12. The van der Waals surface area contributed by atoms with Crippen molar-refractivity contribution in [1.29, 1.82) is 0 Å². The average Bonchev–Trinajstić information content (AvgIpc) is 2.96. The second kappa shape index (κ2) is 11.5. The molecule has 0 radical (unpaired) electrons. The van der Waals surface area contributed by atoms with Crippen molar-refractivity contribution in [2.24, 2.45) is 0 Å². The lowest BCUT2D eigenvalue weighted by atomic mass is 10.0. The van der Waals surface area contributed by atoms with Crippen LogP contribution in [0.4, 0.5) is 27.8 Å². The van der Waals surface area contributed by atoms with Crippen molar-refractivity contribution in [2.75, 3.05) is 37.9 Å². The van der Waals surface area contributed by atoms with E-state index < -0.39 is 53.5 Å². The number of aryl methyl sites for hydroxylation is 1. The third kappa shape index (κ3) is 5.74. The maximum Gasteiger partial charge on any atom is 0.417 e. The zero-order chi connectivity index (χ0) is 33.0. The van der Waals surface area contributed by atoms with Gasteiger partial charge in [-0.3, -0.25) is 9.78 Å². The summed E-state index contributed by atoms with van der Waals surface area (Å²) in [6.07, 6.45) is -2.50. The van der Waals surface area contributed by atoms with Crippen LogP contribution in [-0.2, 0) is 15.5 Å². The van der Waals surface area contributed by atoms with Gasteiger partial charge >= 0.3 is 11.9 Å². The van der Waals surface area contributed by atoms with Crippen LogP contribution in [0.25, 0.3) is 28.0 Å². The van der Waals surface area contributed by atoms with E-state index in [0.717, 1.165) is 22.8 Å². The number of hydrogen-bond acceptors (Lipinski definition) is 7. The number of piperazine rings is 1. The summed E-state index contributed by atoms with van der Waals surface area (Å²) in [5.74, 6) is -3.01. The molecule has 1 aliphatic rings. The summed E-state index contributed by atoms with van der Waals surface area (Å²) < 4.78 is 87.3. The first-order valence-electron chi connectivity index (χ1n) is 13.7. The number of nitrogens with zero attached hydrogens (tertiary/aromatic N) is 6. The van der Waals surface area contributed by atoms with Crippen molar-refractivity contribution >= 4 is 35.2 Å². The molecular weight excluding hydrogens is 618 g/mol. The Morgan fingerprint density at radius 3 is 2.44 bits per heavy atom. The second-order valence-electron chi connectivity index (χ2n) is 11.0. The Hall–Kier alpha value is -4.45. The van der Waals surface area contributed by atoms with Gasteiger partial charge in [0, 0.05) is 37.2 Å². The molecule has 45 heavy (non-hydrogen) atoms. The van der Waals surface area contributed by atoms with E-state index in [1.807, 2.05) is 0 Å². The Kier molecular flexibility index (Phi) is 8.15. The number of hydrogen-bond donors (Lipinski definition) is 0. The summed E-state index contributed by atoms with van der Waals surface area (Å²) in [4.78, 5) is 42.0. The summed E-state index contributed by atoms with van der Waals surface area (Å²) in [5, 5.41) is 0.125. The summed E-state index contributed by atoms with van der Waals surface area (Å²) in [5.41, 5.74) is -4.65. The number of halogens is 5. The first kappa shape index (κ1) is 32.0. The molecule has 1 amide bonds. The number of alkyl halides is 3. The number of amides is 1. The van der Waals surface area contributed by atoms with Crippen LogP contribution in [-0.4, -0.2) is 69.3 Å². The highest BCUT2D eigenvalue weighted by Crippen LogP contribution is 2.41. The Balaban J connectivity index is 1.89. The lowest BCUT2D eigenvalue weighted by Crippen LogP contribution is -2.54. The molecule has 0 N–H and O–H groups in total. The molecule has 0 saturated carbocycles. The fraction of sp³-hybridized carbons (Fsp3) is 0.300. The number of fused-ring (bicyclic) bond motifs is 1. The Morgan fingerprint density at radius 2 is 1.82 bits per heavy atom. The van der Waals surface area contributed by atoms with Gasteiger partial charge in [-0.2, -0.15) is 18.2 Å². The number of anilines is 1. The summed E-state index contributed by atoms with van der Waals surface area (Å²) in [6.45, 7) is 10.3. The van der Waals surface area contributed by atoms with E-state index in [-0.39, 0.29) is 59.1 Å². The monoisotopic (exact) mass is 646 g/mol. The molecule has 1 saturated heterocycles. The zero-order valence-corrected chi connectivity index (χ0v) is 25.6. The maximum atomic E-state index is 15.9. The SMILES string of the molecule is C=CC(=O)N1CCN(c2nc(=O)n(-c3c(P(C)(C)=O)ccnc3C)c3nc(-c4c(F)cccc4C(F)(F)F)c(F)cc23)[C@@H](C)C1. The van der Waals surface area contributed by atoms with Gasteiger partial charge in [0.15, 0.2) is 11.5 Å². The molecule has 4 heterocycles. The van der Waals surface area contributed by atoms with Gasteiger partial charge in [-0.1, -0.05) is 12.6 Å². The van der Waals surface area contributed by atoms with Crippen LogP contribution in [0.3, 0.4) is 0 Å². The van der Waals surface area contributed by atoms with Gasteiger partial charge in [-0.25, -0.2) is 23.1 Å². The van der Waals surface area contributed by atoms with Gasteiger partial charge in [0.2, 0.25) is 5.91 Å².